The lowest BCUT2D eigenvalue weighted by Gasteiger charge is -2.14. The fourth-order valence-electron chi connectivity index (χ4n) is 1.25. The third-order valence-electron chi connectivity index (χ3n) is 2.24. The van der Waals surface area contributed by atoms with Crippen molar-refractivity contribution in [3.05, 3.63) is 30.1 Å². The Balaban J connectivity index is 2.29. The highest BCUT2D eigenvalue weighted by Gasteiger charge is 2.13. The number of amides is 1. The van der Waals surface area contributed by atoms with Crippen LogP contribution in [-0.4, -0.2) is 23.6 Å². The molecule has 0 aliphatic heterocycles. The SMILES string of the molecule is CC(C)CO[C@@H](C)C(=O)NCc1cccnc1. The second kappa shape index (κ2) is 7.01. The standard InChI is InChI=1S/C13H20N2O2/c1-10(2)9-17-11(3)13(16)15-8-12-5-4-6-14-7-12/h4-7,10-11H,8-9H2,1-3H3,(H,15,16)/t11-/m0/s1. The molecule has 0 aromatic carbocycles. The second-order valence-corrected chi connectivity index (χ2v) is 4.45. The molecular formula is C13H20N2O2. The van der Waals surface area contributed by atoms with Gasteiger partial charge in [-0.2, -0.15) is 0 Å². The Labute approximate surface area is 102 Å². The molecule has 4 nitrogen and oxygen atoms in total. The molecule has 0 saturated heterocycles. The maximum atomic E-state index is 11.7. The van der Waals surface area contributed by atoms with Crippen molar-refractivity contribution in [2.75, 3.05) is 6.61 Å². The van der Waals surface area contributed by atoms with E-state index in [9.17, 15) is 4.79 Å². The molecule has 1 amide bonds. The van der Waals surface area contributed by atoms with E-state index in [1.165, 1.54) is 0 Å². The number of pyridine rings is 1. The number of ether oxygens (including phenoxy) is 1. The molecule has 0 saturated carbocycles. The number of hydrogen-bond donors (Lipinski definition) is 1. The largest absolute Gasteiger partial charge is 0.368 e. The number of hydrogen-bond acceptors (Lipinski definition) is 3. The summed E-state index contributed by atoms with van der Waals surface area (Å²) in [4.78, 5) is 15.7. The first-order valence-corrected chi connectivity index (χ1v) is 5.87. The van der Waals surface area contributed by atoms with Gasteiger partial charge < -0.3 is 10.1 Å². The maximum Gasteiger partial charge on any atom is 0.249 e. The predicted octanol–water partition coefficient (Wildman–Crippen LogP) is 1.76. The number of rotatable bonds is 6. The molecule has 0 fully saturated rings. The lowest BCUT2D eigenvalue weighted by atomic mass is 10.2. The summed E-state index contributed by atoms with van der Waals surface area (Å²) in [5.41, 5.74) is 0.983. The van der Waals surface area contributed by atoms with Gasteiger partial charge in [-0.25, -0.2) is 0 Å². The quantitative estimate of drug-likeness (QED) is 0.818. The minimum atomic E-state index is -0.408. The van der Waals surface area contributed by atoms with Crippen LogP contribution < -0.4 is 5.32 Å². The smallest absolute Gasteiger partial charge is 0.249 e. The van der Waals surface area contributed by atoms with Gasteiger partial charge in [-0.15, -0.1) is 0 Å². The summed E-state index contributed by atoms with van der Waals surface area (Å²) in [6.45, 7) is 6.96. The Morgan fingerprint density at radius 2 is 2.24 bits per heavy atom. The molecule has 4 heteroatoms. The molecular weight excluding hydrogens is 216 g/mol. The number of nitrogens with zero attached hydrogens (tertiary/aromatic N) is 1. The first kappa shape index (κ1) is 13.6. The highest BCUT2D eigenvalue weighted by molar-refractivity contribution is 5.80. The van der Waals surface area contributed by atoms with Crippen LogP contribution in [0.25, 0.3) is 0 Å². The second-order valence-electron chi connectivity index (χ2n) is 4.45. The third kappa shape index (κ3) is 5.45. The van der Waals surface area contributed by atoms with Crippen LogP contribution in [0.3, 0.4) is 0 Å². The van der Waals surface area contributed by atoms with E-state index in [4.69, 9.17) is 4.74 Å². The molecule has 94 valence electrons. The van der Waals surface area contributed by atoms with E-state index in [1.54, 1.807) is 19.3 Å². The minimum absolute atomic E-state index is 0.0884. The van der Waals surface area contributed by atoms with Crippen molar-refractivity contribution >= 4 is 5.91 Å². The monoisotopic (exact) mass is 236 g/mol. The molecule has 1 aromatic rings. The van der Waals surface area contributed by atoms with E-state index in [1.807, 2.05) is 12.1 Å². The molecule has 0 aliphatic rings. The van der Waals surface area contributed by atoms with Gasteiger partial charge in [-0.1, -0.05) is 19.9 Å². The van der Waals surface area contributed by atoms with Crippen molar-refractivity contribution < 1.29 is 9.53 Å². The molecule has 0 aliphatic carbocycles. The minimum Gasteiger partial charge on any atom is -0.368 e. The van der Waals surface area contributed by atoms with Gasteiger partial charge in [0.05, 0.1) is 0 Å². The van der Waals surface area contributed by atoms with Gasteiger partial charge in [0, 0.05) is 25.5 Å². The average molecular weight is 236 g/mol. The van der Waals surface area contributed by atoms with E-state index in [0.29, 0.717) is 19.1 Å². The van der Waals surface area contributed by atoms with Crippen molar-refractivity contribution in [3.8, 4) is 0 Å². The van der Waals surface area contributed by atoms with Gasteiger partial charge in [0.1, 0.15) is 6.10 Å². The summed E-state index contributed by atoms with van der Waals surface area (Å²) in [7, 11) is 0. The van der Waals surface area contributed by atoms with Gasteiger partial charge >= 0.3 is 0 Å². The van der Waals surface area contributed by atoms with Gasteiger partial charge in [-0.3, -0.25) is 9.78 Å². The summed E-state index contributed by atoms with van der Waals surface area (Å²) < 4.78 is 5.43. The topological polar surface area (TPSA) is 51.2 Å². The van der Waals surface area contributed by atoms with Crippen LogP contribution in [0.2, 0.25) is 0 Å². The van der Waals surface area contributed by atoms with Crippen LogP contribution in [0.1, 0.15) is 26.3 Å². The summed E-state index contributed by atoms with van der Waals surface area (Å²) >= 11 is 0. The van der Waals surface area contributed by atoms with Crippen molar-refractivity contribution in [1.29, 1.82) is 0 Å². The molecule has 1 atom stereocenters. The van der Waals surface area contributed by atoms with Crippen LogP contribution in [0.5, 0.6) is 0 Å². The van der Waals surface area contributed by atoms with Crippen molar-refractivity contribution in [1.82, 2.24) is 10.3 Å². The number of aromatic nitrogens is 1. The van der Waals surface area contributed by atoms with E-state index in [0.717, 1.165) is 5.56 Å². The zero-order chi connectivity index (χ0) is 12.7. The first-order valence-electron chi connectivity index (χ1n) is 5.87. The van der Waals surface area contributed by atoms with E-state index in [-0.39, 0.29) is 5.91 Å². The molecule has 0 unspecified atom stereocenters. The summed E-state index contributed by atoms with van der Waals surface area (Å²) in [5, 5.41) is 2.82. The highest BCUT2D eigenvalue weighted by Crippen LogP contribution is 1.99. The average Bonchev–Trinajstić information content (AvgIpc) is 2.34. The van der Waals surface area contributed by atoms with Crippen LogP contribution >= 0.6 is 0 Å². The molecule has 1 heterocycles. The van der Waals surface area contributed by atoms with E-state index >= 15 is 0 Å². The van der Waals surface area contributed by atoms with Gasteiger partial charge in [0.15, 0.2) is 0 Å². The van der Waals surface area contributed by atoms with Gasteiger partial charge in [-0.05, 0) is 24.5 Å². The predicted molar refractivity (Wildman–Crippen MR) is 66.3 cm³/mol. The van der Waals surface area contributed by atoms with Crippen LogP contribution in [-0.2, 0) is 16.1 Å². The molecule has 0 bridgehead atoms. The van der Waals surface area contributed by atoms with Crippen LogP contribution in [0, 0.1) is 5.92 Å². The Hall–Kier alpha value is -1.42. The highest BCUT2D eigenvalue weighted by atomic mass is 16.5. The normalized spacial score (nSPS) is 12.5. The number of carbonyl (C=O) groups is 1. The number of carbonyl (C=O) groups excluding carboxylic acids is 1. The summed E-state index contributed by atoms with van der Waals surface area (Å²) in [6, 6.07) is 3.77. The Morgan fingerprint density at radius 1 is 1.47 bits per heavy atom. The lowest BCUT2D eigenvalue weighted by Crippen LogP contribution is -2.34. The fraction of sp³-hybridized carbons (Fsp3) is 0.538. The first-order chi connectivity index (χ1) is 8.09. The molecule has 1 rings (SSSR count). The zero-order valence-electron chi connectivity index (χ0n) is 10.6. The number of nitrogens with one attached hydrogen (secondary N) is 1. The van der Waals surface area contributed by atoms with Gasteiger partial charge in [0.25, 0.3) is 0 Å². The molecule has 0 spiro atoms. The zero-order valence-corrected chi connectivity index (χ0v) is 10.6. The van der Waals surface area contributed by atoms with Crippen LogP contribution in [0.4, 0.5) is 0 Å². The van der Waals surface area contributed by atoms with Gasteiger partial charge in [0.2, 0.25) is 5.91 Å². The Morgan fingerprint density at radius 3 is 2.82 bits per heavy atom. The Bertz CT molecular complexity index is 339. The van der Waals surface area contributed by atoms with Crippen molar-refractivity contribution in [2.45, 2.75) is 33.4 Å². The summed E-state index contributed by atoms with van der Waals surface area (Å²) in [5.74, 6) is 0.345. The Kier molecular flexibility index (Phi) is 5.63. The molecule has 1 N–H and O–H groups in total. The molecule has 0 radical (unpaired) electrons. The fourth-order valence-corrected chi connectivity index (χ4v) is 1.25. The van der Waals surface area contributed by atoms with Crippen molar-refractivity contribution in [3.63, 3.8) is 0 Å². The molecule has 1 aromatic heterocycles. The third-order valence-corrected chi connectivity index (χ3v) is 2.24. The maximum absolute atomic E-state index is 11.7. The van der Waals surface area contributed by atoms with E-state index in [2.05, 4.69) is 24.1 Å². The lowest BCUT2D eigenvalue weighted by molar-refractivity contribution is -0.132. The molecule has 17 heavy (non-hydrogen) atoms. The van der Waals surface area contributed by atoms with E-state index < -0.39 is 6.10 Å². The van der Waals surface area contributed by atoms with Crippen LogP contribution in [0.15, 0.2) is 24.5 Å². The summed E-state index contributed by atoms with van der Waals surface area (Å²) in [6.07, 6.45) is 3.04. The van der Waals surface area contributed by atoms with Crippen molar-refractivity contribution in [2.24, 2.45) is 5.92 Å².